The van der Waals surface area contributed by atoms with E-state index in [0.29, 0.717) is 63.5 Å². The van der Waals surface area contributed by atoms with E-state index in [0.717, 1.165) is 29.1 Å². The van der Waals surface area contributed by atoms with Gasteiger partial charge in [0.15, 0.2) is 10.8 Å². The zero-order valence-electron chi connectivity index (χ0n) is 24.6. The maximum absolute atomic E-state index is 13.8. The topological polar surface area (TPSA) is 113 Å². The summed E-state index contributed by atoms with van der Waals surface area (Å²) in [4.78, 5) is 35.5. The second kappa shape index (κ2) is 11.5. The number of aromatic nitrogens is 1. The molecule has 0 unspecified atom stereocenters. The Kier molecular flexibility index (Phi) is 8.24. The predicted octanol–water partition coefficient (Wildman–Crippen LogP) is 5.05. The Labute approximate surface area is 258 Å². The normalized spacial score (nSPS) is 19.7. The molecular formula is C30H33F3N6O4S. The van der Waals surface area contributed by atoms with Crippen LogP contribution in [0, 0.1) is 11.3 Å². The summed E-state index contributed by atoms with van der Waals surface area (Å²) >= 11 is 5.73. The van der Waals surface area contributed by atoms with Crippen molar-refractivity contribution in [2.45, 2.75) is 63.7 Å². The predicted molar refractivity (Wildman–Crippen MR) is 160 cm³/mol. The Balaban J connectivity index is 1.35. The first-order chi connectivity index (χ1) is 20.7. The molecule has 5 rings (SSSR count). The van der Waals surface area contributed by atoms with Gasteiger partial charge in [0.2, 0.25) is 0 Å². The van der Waals surface area contributed by atoms with Gasteiger partial charge in [-0.05, 0) is 81.6 Å². The molecule has 1 saturated carbocycles. The number of alkyl halides is 3. The summed E-state index contributed by atoms with van der Waals surface area (Å²) in [5, 5.41) is 18.6. The fourth-order valence-corrected chi connectivity index (χ4v) is 6.77. The van der Waals surface area contributed by atoms with Gasteiger partial charge in [0.1, 0.15) is 24.0 Å². The summed E-state index contributed by atoms with van der Waals surface area (Å²) in [6.45, 7) is 8.39. The van der Waals surface area contributed by atoms with Crippen LogP contribution in [0.5, 0.6) is 5.75 Å². The van der Waals surface area contributed by atoms with Gasteiger partial charge in [-0.2, -0.15) is 18.4 Å². The van der Waals surface area contributed by atoms with Crippen molar-refractivity contribution in [3.63, 3.8) is 0 Å². The molecule has 0 bridgehead atoms. The van der Waals surface area contributed by atoms with Crippen LogP contribution in [0.1, 0.15) is 56.9 Å². The number of anilines is 2. The zero-order chi connectivity index (χ0) is 32.0. The Morgan fingerprint density at radius 1 is 1.20 bits per heavy atom. The molecule has 2 saturated heterocycles. The average molecular weight is 631 g/mol. The Hall–Kier alpha value is -3.96. The summed E-state index contributed by atoms with van der Waals surface area (Å²) < 4.78 is 47.2. The number of piperazine rings is 1. The van der Waals surface area contributed by atoms with Crippen LogP contribution in [0.2, 0.25) is 0 Å². The minimum Gasteiger partial charge on any atom is -0.492 e. The van der Waals surface area contributed by atoms with Crippen LogP contribution in [0.15, 0.2) is 30.5 Å². The number of rotatable bonds is 7. The van der Waals surface area contributed by atoms with Gasteiger partial charge in [-0.15, -0.1) is 0 Å². The molecule has 3 heterocycles. The standard InChI is InChI=1S/C30H33F3N6O4S/c1-4-19-14-20(6-7-24(19)43-13-12-36-10-11-37(27(41)42)28(2,3)18-36)39-26(44)38(25(40)29(39)8-5-9-29)21-15-22(30(31,32)33)23(16-34)35-17-21/h6-7,14-15,17H,4-5,8-13,18H2,1-3H3,(H,41,42). The summed E-state index contributed by atoms with van der Waals surface area (Å²) in [7, 11) is 0. The number of nitrogens with zero attached hydrogens (tertiary/aromatic N) is 6. The quantitative estimate of drug-likeness (QED) is 0.420. The van der Waals surface area contributed by atoms with E-state index in [9.17, 15) is 27.9 Å². The van der Waals surface area contributed by atoms with Crippen LogP contribution >= 0.6 is 12.2 Å². The highest BCUT2D eigenvalue weighted by Gasteiger charge is 2.60. The molecule has 1 aliphatic carbocycles. The van der Waals surface area contributed by atoms with Crippen LogP contribution in [0.25, 0.3) is 0 Å². The van der Waals surface area contributed by atoms with E-state index in [4.69, 9.17) is 22.2 Å². The lowest BCUT2D eigenvalue weighted by Gasteiger charge is -2.45. The van der Waals surface area contributed by atoms with Crippen molar-refractivity contribution in [1.29, 1.82) is 5.26 Å². The minimum atomic E-state index is -4.83. The van der Waals surface area contributed by atoms with Crippen LogP contribution < -0.4 is 14.5 Å². The number of hydrogen-bond donors (Lipinski definition) is 1. The monoisotopic (exact) mass is 630 g/mol. The van der Waals surface area contributed by atoms with Crippen LogP contribution in [-0.2, 0) is 17.4 Å². The fraction of sp³-hybridized carbons (Fsp3) is 0.500. The Bertz CT molecular complexity index is 1540. The maximum Gasteiger partial charge on any atom is 0.419 e. The molecule has 0 radical (unpaired) electrons. The first-order valence-electron chi connectivity index (χ1n) is 14.4. The Morgan fingerprint density at radius 3 is 2.50 bits per heavy atom. The lowest BCUT2D eigenvalue weighted by Crippen LogP contribution is -2.61. The number of aryl methyl sites for hydroxylation is 1. The van der Waals surface area contributed by atoms with E-state index in [1.807, 2.05) is 32.9 Å². The third-order valence-corrected chi connectivity index (χ3v) is 9.06. The van der Waals surface area contributed by atoms with Gasteiger partial charge < -0.3 is 19.6 Å². The van der Waals surface area contributed by atoms with E-state index in [-0.39, 0.29) is 10.8 Å². The van der Waals surface area contributed by atoms with Gasteiger partial charge in [0.25, 0.3) is 5.91 Å². The average Bonchev–Trinajstić information content (AvgIpc) is 3.18. The van der Waals surface area contributed by atoms with Crippen molar-refractivity contribution in [2.24, 2.45) is 0 Å². The largest absolute Gasteiger partial charge is 0.492 e. The molecule has 1 spiro atoms. The molecular weight excluding hydrogens is 597 g/mol. The van der Waals surface area contributed by atoms with Crippen molar-refractivity contribution < 1.29 is 32.6 Å². The van der Waals surface area contributed by atoms with Crippen LogP contribution in [0.4, 0.5) is 29.3 Å². The zero-order valence-corrected chi connectivity index (χ0v) is 25.5. The molecule has 2 aromatic rings. The molecule has 1 N–H and O–H groups in total. The second-order valence-electron chi connectivity index (χ2n) is 11.9. The lowest BCUT2D eigenvalue weighted by molar-refractivity contribution is -0.138. The molecule has 3 fully saturated rings. The summed E-state index contributed by atoms with van der Waals surface area (Å²) in [5.41, 5.74) is -2.15. The number of pyridine rings is 1. The maximum atomic E-state index is 13.8. The van der Waals surface area contributed by atoms with E-state index in [2.05, 4.69) is 9.88 Å². The van der Waals surface area contributed by atoms with Gasteiger partial charge in [-0.1, -0.05) is 6.92 Å². The molecule has 1 aromatic heterocycles. The summed E-state index contributed by atoms with van der Waals surface area (Å²) in [5.74, 6) is 0.249. The number of carboxylic acid groups (broad SMARTS) is 1. The minimum absolute atomic E-state index is 0.0492. The first-order valence-corrected chi connectivity index (χ1v) is 14.8. The Morgan fingerprint density at radius 2 is 1.93 bits per heavy atom. The van der Waals surface area contributed by atoms with Gasteiger partial charge in [0.05, 0.1) is 23.0 Å². The number of amides is 2. The molecule has 2 amide bonds. The number of thiocarbonyl (C=S) groups is 1. The highest BCUT2D eigenvalue weighted by Crippen LogP contribution is 2.48. The van der Waals surface area contributed by atoms with E-state index in [1.54, 1.807) is 11.0 Å². The number of ether oxygens (including phenoxy) is 1. The number of hydrogen-bond acceptors (Lipinski definition) is 7. The molecule has 44 heavy (non-hydrogen) atoms. The molecule has 234 valence electrons. The molecule has 1 aromatic carbocycles. The third-order valence-electron chi connectivity index (χ3n) is 8.70. The number of nitriles is 1. The van der Waals surface area contributed by atoms with Gasteiger partial charge in [-0.25, -0.2) is 9.78 Å². The molecule has 3 aliphatic rings. The highest BCUT2D eigenvalue weighted by atomic mass is 32.1. The molecule has 0 atom stereocenters. The fourth-order valence-electron chi connectivity index (χ4n) is 6.30. The van der Waals surface area contributed by atoms with Crippen molar-refractivity contribution in [3.05, 3.63) is 47.3 Å². The van der Waals surface area contributed by atoms with Gasteiger partial charge >= 0.3 is 12.3 Å². The number of carbonyl (C=O) groups is 2. The number of carbonyl (C=O) groups excluding carboxylic acids is 1. The summed E-state index contributed by atoms with van der Waals surface area (Å²) in [6.07, 6.45) is -2.33. The first kappa shape index (κ1) is 31.5. The van der Waals surface area contributed by atoms with Crippen molar-refractivity contribution in [1.82, 2.24) is 14.8 Å². The van der Waals surface area contributed by atoms with E-state index < -0.39 is 40.5 Å². The highest BCUT2D eigenvalue weighted by molar-refractivity contribution is 7.81. The van der Waals surface area contributed by atoms with E-state index in [1.165, 1.54) is 11.0 Å². The molecule has 10 nitrogen and oxygen atoms in total. The molecule has 14 heteroatoms. The van der Waals surface area contributed by atoms with E-state index >= 15 is 0 Å². The van der Waals surface area contributed by atoms with Crippen molar-refractivity contribution >= 4 is 40.7 Å². The van der Waals surface area contributed by atoms with Crippen LogP contribution in [0.3, 0.4) is 0 Å². The van der Waals surface area contributed by atoms with Crippen LogP contribution in [-0.4, -0.2) is 80.9 Å². The van der Waals surface area contributed by atoms with Gasteiger partial charge in [-0.3, -0.25) is 14.6 Å². The SMILES string of the molecule is CCc1cc(N2C(=S)N(c3cnc(C#N)c(C(F)(F)F)c3)C(=O)C23CCC3)ccc1OCCN1CCN(C(=O)O)C(C)(C)C1. The molecule has 2 aliphatic heterocycles. The number of halogens is 3. The third kappa shape index (κ3) is 5.43. The number of benzene rings is 1. The summed E-state index contributed by atoms with van der Waals surface area (Å²) in [6, 6.07) is 7.72. The van der Waals surface area contributed by atoms with Crippen molar-refractivity contribution in [3.8, 4) is 11.8 Å². The smallest absolute Gasteiger partial charge is 0.419 e. The second-order valence-corrected chi connectivity index (χ2v) is 12.2. The lowest BCUT2D eigenvalue weighted by atomic mass is 9.75. The van der Waals surface area contributed by atoms with Gasteiger partial charge in [0, 0.05) is 31.9 Å². The van der Waals surface area contributed by atoms with Crippen molar-refractivity contribution in [2.75, 3.05) is 42.6 Å².